The molecule has 0 spiro atoms. The highest BCUT2D eigenvalue weighted by atomic mass is 16.1. The van der Waals surface area contributed by atoms with E-state index in [9.17, 15) is 4.79 Å². The van der Waals surface area contributed by atoms with E-state index < -0.39 is 12.9 Å². The van der Waals surface area contributed by atoms with Gasteiger partial charge in [-0.05, 0) is 6.07 Å². The van der Waals surface area contributed by atoms with Crippen molar-refractivity contribution in [3.8, 4) is 0 Å². The zero-order valence-corrected chi connectivity index (χ0v) is 5.03. The van der Waals surface area contributed by atoms with E-state index in [0.717, 1.165) is 0 Å². The first-order chi connectivity index (χ1) is 5.99. The lowest BCUT2D eigenvalue weighted by Crippen LogP contribution is -2.18. The maximum absolute atomic E-state index is 11.1. The van der Waals surface area contributed by atoms with Crippen LogP contribution in [0, 0.1) is 0 Å². The van der Waals surface area contributed by atoms with Crippen molar-refractivity contribution < 1.29 is 8.91 Å². The van der Waals surface area contributed by atoms with E-state index in [1.54, 1.807) is 5.32 Å². The Morgan fingerprint density at radius 2 is 2.80 bits per heavy atom. The van der Waals surface area contributed by atoms with Gasteiger partial charge in [0, 0.05) is 17.3 Å². The minimum Gasteiger partial charge on any atom is -0.354 e. The second-order valence-corrected chi connectivity index (χ2v) is 1.55. The molecule has 0 aromatic carbocycles. The Kier molecular flexibility index (Phi) is 1.06. The van der Waals surface area contributed by atoms with E-state index in [1.165, 1.54) is 18.6 Å². The van der Waals surface area contributed by atoms with E-state index in [4.69, 9.17) is 4.11 Å². The van der Waals surface area contributed by atoms with E-state index in [-0.39, 0.29) is 5.69 Å². The highest BCUT2D eigenvalue weighted by molar-refractivity contribution is 5.91. The summed E-state index contributed by atoms with van der Waals surface area (Å²) in [6, 6.07) is 1.33. The lowest BCUT2D eigenvalue weighted by atomic mass is 10.4. The third-order valence-electron chi connectivity index (χ3n) is 0.928. The van der Waals surface area contributed by atoms with Crippen molar-refractivity contribution in [3.05, 3.63) is 24.3 Å². The van der Waals surface area contributed by atoms with Gasteiger partial charge in [0.25, 0.3) is 5.91 Å². The SMILES string of the molecule is [2H]C([2H])([2H])NC(=O)c1ccncn1. The van der Waals surface area contributed by atoms with E-state index in [0.29, 0.717) is 0 Å². The van der Waals surface area contributed by atoms with Crippen molar-refractivity contribution in [3.63, 3.8) is 0 Å². The molecule has 1 amide bonds. The Balaban J connectivity index is 2.71. The molecule has 4 heteroatoms. The topological polar surface area (TPSA) is 54.9 Å². The van der Waals surface area contributed by atoms with Crippen LogP contribution >= 0.6 is 0 Å². The predicted molar refractivity (Wildman–Crippen MR) is 35.4 cm³/mol. The van der Waals surface area contributed by atoms with Crippen molar-refractivity contribution in [1.82, 2.24) is 15.3 Å². The summed E-state index contributed by atoms with van der Waals surface area (Å²) in [6.45, 7) is -2.48. The summed E-state index contributed by atoms with van der Waals surface area (Å²) in [5.41, 5.74) is 0.0334. The summed E-state index contributed by atoms with van der Waals surface area (Å²) in [7, 11) is 0. The fourth-order valence-corrected chi connectivity index (χ4v) is 0.489. The maximum Gasteiger partial charge on any atom is 0.269 e. The van der Waals surface area contributed by atoms with Crippen molar-refractivity contribution in [2.45, 2.75) is 0 Å². The van der Waals surface area contributed by atoms with Crippen LogP contribution in [-0.2, 0) is 0 Å². The molecule has 0 aliphatic heterocycles. The average molecular weight is 140 g/mol. The Morgan fingerprint density at radius 3 is 3.40 bits per heavy atom. The quantitative estimate of drug-likeness (QED) is 0.589. The lowest BCUT2D eigenvalue weighted by Gasteiger charge is -1.94. The third-order valence-corrected chi connectivity index (χ3v) is 0.928. The summed E-state index contributed by atoms with van der Waals surface area (Å²) >= 11 is 0. The van der Waals surface area contributed by atoms with Gasteiger partial charge >= 0.3 is 0 Å². The number of carbonyl (C=O) groups is 1. The molecule has 0 atom stereocenters. The van der Waals surface area contributed by atoms with Crippen molar-refractivity contribution in [1.29, 1.82) is 0 Å². The van der Waals surface area contributed by atoms with Crippen LogP contribution in [0.2, 0.25) is 0 Å². The van der Waals surface area contributed by atoms with Gasteiger partial charge in [-0.15, -0.1) is 0 Å². The number of rotatable bonds is 1. The van der Waals surface area contributed by atoms with Crippen molar-refractivity contribution in [2.24, 2.45) is 0 Å². The van der Waals surface area contributed by atoms with Crippen molar-refractivity contribution in [2.75, 3.05) is 6.98 Å². The van der Waals surface area contributed by atoms with Crippen LogP contribution in [0.1, 0.15) is 14.6 Å². The van der Waals surface area contributed by atoms with Gasteiger partial charge in [-0.1, -0.05) is 0 Å². The number of hydrogen-bond acceptors (Lipinski definition) is 3. The fraction of sp³-hybridized carbons (Fsp3) is 0.167. The summed E-state index contributed by atoms with van der Waals surface area (Å²) < 4.78 is 20.3. The standard InChI is InChI=1S/C6H7N3O/c1-7-6(10)5-2-3-8-4-9-5/h2-4H,1H3,(H,7,10)/i1D3. The van der Waals surface area contributed by atoms with Gasteiger partial charge in [0.2, 0.25) is 0 Å². The molecule has 10 heavy (non-hydrogen) atoms. The van der Waals surface area contributed by atoms with E-state index in [1.807, 2.05) is 0 Å². The number of carbonyl (C=O) groups excluding carboxylic acids is 1. The third kappa shape index (κ3) is 1.28. The molecular formula is C6H7N3O. The molecule has 52 valence electrons. The predicted octanol–water partition coefficient (Wildman–Crippen LogP) is -0.164. The van der Waals surface area contributed by atoms with Crippen LogP contribution in [0.4, 0.5) is 0 Å². The van der Waals surface area contributed by atoms with E-state index >= 15 is 0 Å². The second kappa shape index (κ2) is 2.91. The smallest absolute Gasteiger partial charge is 0.269 e. The van der Waals surface area contributed by atoms with Gasteiger partial charge in [0.1, 0.15) is 12.0 Å². The lowest BCUT2D eigenvalue weighted by molar-refractivity contribution is 0.0958. The minimum atomic E-state index is -2.48. The molecule has 1 N–H and O–H groups in total. The zero-order chi connectivity index (χ0) is 9.90. The zero-order valence-electron chi connectivity index (χ0n) is 8.03. The monoisotopic (exact) mass is 140 g/mol. The molecule has 1 aromatic heterocycles. The molecule has 1 aromatic rings. The Bertz CT molecular complexity index is 298. The molecule has 0 unspecified atom stereocenters. The van der Waals surface area contributed by atoms with Crippen LogP contribution in [0.25, 0.3) is 0 Å². The molecule has 0 aliphatic carbocycles. The van der Waals surface area contributed by atoms with Crippen LogP contribution in [0.15, 0.2) is 18.6 Å². The molecule has 4 nitrogen and oxygen atoms in total. The molecule has 0 fully saturated rings. The molecule has 0 bridgehead atoms. The number of nitrogens with zero attached hydrogens (tertiary/aromatic N) is 2. The van der Waals surface area contributed by atoms with Gasteiger partial charge in [0.05, 0.1) is 0 Å². The average Bonchev–Trinajstić information content (AvgIpc) is 2.03. The fourth-order valence-electron chi connectivity index (χ4n) is 0.489. The van der Waals surface area contributed by atoms with Gasteiger partial charge in [0.15, 0.2) is 0 Å². The Morgan fingerprint density at radius 1 is 1.90 bits per heavy atom. The van der Waals surface area contributed by atoms with Crippen LogP contribution in [0.5, 0.6) is 0 Å². The number of hydrogen-bond donors (Lipinski definition) is 1. The highest BCUT2D eigenvalue weighted by Gasteiger charge is 2.00. The van der Waals surface area contributed by atoms with Crippen LogP contribution in [0.3, 0.4) is 0 Å². The van der Waals surface area contributed by atoms with Crippen molar-refractivity contribution >= 4 is 5.91 Å². The molecular weight excluding hydrogens is 130 g/mol. The maximum atomic E-state index is 11.1. The molecule has 0 aliphatic rings. The number of aromatic nitrogens is 2. The van der Waals surface area contributed by atoms with Gasteiger partial charge in [-0.3, -0.25) is 4.79 Å². The molecule has 1 rings (SSSR count). The van der Waals surface area contributed by atoms with Crippen LogP contribution < -0.4 is 5.32 Å². The van der Waals surface area contributed by atoms with Gasteiger partial charge in [-0.25, -0.2) is 9.97 Å². The normalized spacial score (nSPS) is 14.6. The van der Waals surface area contributed by atoms with Gasteiger partial charge in [-0.2, -0.15) is 0 Å². The summed E-state index contributed by atoms with van der Waals surface area (Å²) in [5.74, 6) is -0.734. The van der Waals surface area contributed by atoms with Crippen LogP contribution in [-0.4, -0.2) is 22.9 Å². The first-order valence-electron chi connectivity index (χ1n) is 4.07. The summed E-state index contributed by atoms with van der Waals surface area (Å²) in [4.78, 5) is 18.3. The second-order valence-electron chi connectivity index (χ2n) is 1.55. The Labute approximate surface area is 62.5 Å². The first kappa shape index (κ1) is 3.65. The molecule has 1 heterocycles. The number of amides is 1. The minimum absolute atomic E-state index is 0.0334. The summed E-state index contributed by atoms with van der Waals surface area (Å²) in [6.07, 6.45) is 2.54. The largest absolute Gasteiger partial charge is 0.354 e. The molecule has 0 saturated carbocycles. The first-order valence-corrected chi connectivity index (χ1v) is 2.57. The Hall–Kier alpha value is -1.45. The molecule has 0 radical (unpaired) electrons. The molecule has 0 saturated heterocycles. The van der Waals surface area contributed by atoms with Gasteiger partial charge < -0.3 is 5.32 Å². The van der Waals surface area contributed by atoms with E-state index in [2.05, 4.69) is 9.97 Å². The number of nitrogens with one attached hydrogen (secondary N) is 1. The summed E-state index contributed by atoms with van der Waals surface area (Å²) in [5, 5.41) is 1.81. The highest BCUT2D eigenvalue weighted by Crippen LogP contribution is 1.88.